The number of nitrogens with one attached hydrogen (secondary N) is 1. The number of carbonyl (C=O) groups excluding carboxylic acids is 1. The average Bonchev–Trinajstić information content (AvgIpc) is 3.21. The number of amides is 1. The summed E-state index contributed by atoms with van der Waals surface area (Å²) in [6, 6.07) is 19.2. The molecule has 1 aromatic heterocycles. The first-order valence-electron chi connectivity index (χ1n) is 11.7. The fraction of sp³-hybridized carbons (Fsp3) is 0.286. The number of unbranched alkanes of at least 4 members (excludes halogenated alkanes) is 1. The maximum Gasteiger partial charge on any atom is 0.287 e. The Morgan fingerprint density at radius 2 is 1.74 bits per heavy atom. The molecule has 4 aromatic rings. The monoisotopic (exact) mass is 461 g/mol. The summed E-state index contributed by atoms with van der Waals surface area (Å²) < 4.78 is 29.2. The number of hydrogen-bond donors (Lipinski definition) is 1. The Morgan fingerprint density at radius 1 is 1.00 bits per heavy atom. The molecule has 34 heavy (non-hydrogen) atoms. The number of nitrogens with zero attached hydrogens (tertiary/aromatic N) is 2. The van der Waals surface area contributed by atoms with E-state index in [4.69, 9.17) is 0 Å². The highest BCUT2D eigenvalue weighted by Gasteiger charge is 2.19. The van der Waals surface area contributed by atoms with Gasteiger partial charge in [0.25, 0.3) is 5.91 Å². The van der Waals surface area contributed by atoms with Gasteiger partial charge in [0.1, 0.15) is 0 Å². The van der Waals surface area contributed by atoms with Crippen LogP contribution in [-0.2, 0) is 6.54 Å². The van der Waals surface area contributed by atoms with Crippen LogP contribution >= 0.6 is 0 Å². The summed E-state index contributed by atoms with van der Waals surface area (Å²) in [4.78, 5) is 17.8. The molecule has 1 N–H and O–H groups in total. The second-order valence-corrected chi connectivity index (χ2v) is 8.80. The van der Waals surface area contributed by atoms with E-state index in [1.54, 1.807) is 6.07 Å². The summed E-state index contributed by atoms with van der Waals surface area (Å²) >= 11 is 0. The molecule has 4 nitrogen and oxygen atoms in total. The van der Waals surface area contributed by atoms with Crippen LogP contribution in [0.1, 0.15) is 49.3 Å². The lowest BCUT2D eigenvalue weighted by Gasteiger charge is -2.13. The number of benzene rings is 3. The second-order valence-electron chi connectivity index (χ2n) is 8.80. The SMILES string of the molecule is CCCC[C@H](C)CNC(=O)c1nc2ccc(-c3ccc(F)c(F)c3)cc2n1Cc1ccccc1. The van der Waals surface area contributed by atoms with Crippen LogP contribution in [0.4, 0.5) is 8.78 Å². The predicted molar refractivity (Wildman–Crippen MR) is 132 cm³/mol. The van der Waals surface area contributed by atoms with Crippen molar-refractivity contribution in [3.8, 4) is 11.1 Å². The van der Waals surface area contributed by atoms with Gasteiger partial charge in [-0.15, -0.1) is 0 Å². The number of hydrogen-bond acceptors (Lipinski definition) is 2. The van der Waals surface area contributed by atoms with Crippen molar-refractivity contribution >= 4 is 16.9 Å². The van der Waals surface area contributed by atoms with Crippen LogP contribution in [0.5, 0.6) is 0 Å². The molecule has 0 aliphatic rings. The van der Waals surface area contributed by atoms with Crippen molar-refractivity contribution in [1.82, 2.24) is 14.9 Å². The van der Waals surface area contributed by atoms with E-state index in [0.717, 1.165) is 42.0 Å². The molecule has 0 saturated heterocycles. The fourth-order valence-corrected chi connectivity index (χ4v) is 4.08. The first-order chi connectivity index (χ1) is 16.5. The van der Waals surface area contributed by atoms with Crippen molar-refractivity contribution in [3.63, 3.8) is 0 Å². The van der Waals surface area contributed by atoms with Crippen molar-refractivity contribution in [2.75, 3.05) is 6.54 Å². The van der Waals surface area contributed by atoms with Crippen molar-refractivity contribution in [3.05, 3.63) is 89.8 Å². The van der Waals surface area contributed by atoms with E-state index in [9.17, 15) is 13.6 Å². The Bertz CT molecular complexity index is 1280. The normalized spacial score (nSPS) is 12.1. The number of aromatic nitrogens is 2. The molecule has 0 unspecified atom stereocenters. The molecule has 0 aliphatic carbocycles. The van der Waals surface area contributed by atoms with Crippen LogP contribution in [0, 0.1) is 17.6 Å². The standard InChI is InChI=1S/C28H29F2N3O/c1-3-4-8-19(2)17-31-28(34)27-32-25-14-12-22(21-11-13-23(29)24(30)15-21)16-26(25)33(27)18-20-9-6-5-7-10-20/h5-7,9-16,19H,3-4,8,17-18H2,1-2H3,(H,31,34)/t19-/m0/s1. The number of fused-ring (bicyclic) bond motifs is 1. The highest BCUT2D eigenvalue weighted by atomic mass is 19.2. The van der Waals surface area contributed by atoms with E-state index in [1.165, 1.54) is 6.07 Å². The van der Waals surface area contributed by atoms with Crippen LogP contribution in [0.25, 0.3) is 22.2 Å². The van der Waals surface area contributed by atoms with Gasteiger partial charge in [0, 0.05) is 13.1 Å². The number of rotatable bonds is 9. The van der Waals surface area contributed by atoms with E-state index in [2.05, 4.69) is 24.1 Å². The van der Waals surface area contributed by atoms with Gasteiger partial charge in [-0.25, -0.2) is 13.8 Å². The Balaban J connectivity index is 1.71. The average molecular weight is 462 g/mol. The first kappa shape index (κ1) is 23.6. The minimum atomic E-state index is -0.896. The number of imidazole rings is 1. The Labute approximate surface area is 198 Å². The molecule has 176 valence electrons. The first-order valence-corrected chi connectivity index (χ1v) is 11.7. The highest BCUT2D eigenvalue weighted by molar-refractivity contribution is 5.95. The predicted octanol–water partition coefficient (Wildman–Crippen LogP) is 6.59. The lowest BCUT2D eigenvalue weighted by Crippen LogP contribution is -2.30. The fourth-order valence-electron chi connectivity index (χ4n) is 4.08. The highest BCUT2D eigenvalue weighted by Crippen LogP contribution is 2.27. The zero-order valence-corrected chi connectivity index (χ0v) is 19.5. The quantitative estimate of drug-likeness (QED) is 0.306. The molecular formula is C28H29F2N3O. The third-order valence-corrected chi connectivity index (χ3v) is 6.05. The van der Waals surface area contributed by atoms with Crippen molar-refractivity contribution in [2.24, 2.45) is 5.92 Å². The molecule has 4 rings (SSSR count). The maximum absolute atomic E-state index is 13.8. The van der Waals surface area contributed by atoms with Crippen molar-refractivity contribution in [1.29, 1.82) is 0 Å². The lowest BCUT2D eigenvalue weighted by molar-refractivity contribution is 0.0933. The molecule has 0 bridgehead atoms. The van der Waals surface area contributed by atoms with Crippen LogP contribution in [-0.4, -0.2) is 22.0 Å². The summed E-state index contributed by atoms with van der Waals surface area (Å²) in [5, 5.41) is 3.04. The van der Waals surface area contributed by atoms with E-state index in [-0.39, 0.29) is 5.91 Å². The van der Waals surface area contributed by atoms with E-state index in [1.807, 2.05) is 53.1 Å². The van der Waals surface area contributed by atoms with E-state index < -0.39 is 11.6 Å². The molecule has 0 radical (unpaired) electrons. The molecule has 0 saturated carbocycles. The summed E-state index contributed by atoms with van der Waals surface area (Å²) in [5.41, 5.74) is 3.75. The third kappa shape index (κ3) is 5.33. The molecule has 6 heteroatoms. The molecule has 1 amide bonds. The smallest absolute Gasteiger partial charge is 0.287 e. The molecule has 0 fully saturated rings. The molecule has 3 aromatic carbocycles. The van der Waals surface area contributed by atoms with Crippen LogP contribution < -0.4 is 5.32 Å². The zero-order valence-electron chi connectivity index (χ0n) is 19.5. The Kier molecular flexibility index (Phi) is 7.36. The van der Waals surface area contributed by atoms with Gasteiger partial charge >= 0.3 is 0 Å². The molecule has 1 atom stereocenters. The summed E-state index contributed by atoms with van der Waals surface area (Å²) in [5.74, 6) is -1.27. The van der Waals surface area contributed by atoms with Gasteiger partial charge in [0.15, 0.2) is 17.5 Å². The van der Waals surface area contributed by atoms with Crippen molar-refractivity contribution < 1.29 is 13.6 Å². The molecular weight excluding hydrogens is 432 g/mol. The minimum absolute atomic E-state index is 0.218. The largest absolute Gasteiger partial charge is 0.349 e. The van der Waals surface area contributed by atoms with Gasteiger partial charge < -0.3 is 9.88 Å². The van der Waals surface area contributed by atoms with Gasteiger partial charge in [-0.2, -0.15) is 0 Å². The van der Waals surface area contributed by atoms with Crippen LogP contribution in [0.15, 0.2) is 66.7 Å². The minimum Gasteiger partial charge on any atom is -0.349 e. The molecule has 0 aliphatic heterocycles. The maximum atomic E-state index is 13.8. The molecule has 1 heterocycles. The molecule has 0 spiro atoms. The van der Waals surface area contributed by atoms with Gasteiger partial charge in [0.2, 0.25) is 0 Å². The van der Waals surface area contributed by atoms with Crippen LogP contribution in [0.2, 0.25) is 0 Å². The zero-order chi connectivity index (χ0) is 24.1. The van der Waals surface area contributed by atoms with E-state index in [0.29, 0.717) is 35.9 Å². The van der Waals surface area contributed by atoms with Gasteiger partial charge in [-0.3, -0.25) is 4.79 Å². The lowest BCUT2D eigenvalue weighted by atomic mass is 10.0. The third-order valence-electron chi connectivity index (χ3n) is 6.05. The Morgan fingerprint density at radius 3 is 2.47 bits per heavy atom. The van der Waals surface area contributed by atoms with Crippen molar-refractivity contribution in [2.45, 2.75) is 39.7 Å². The van der Waals surface area contributed by atoms with Crippen LogP contribution in [0.3, 0.4) is 0 Å². The summed E-state index contributed by atoms with van der Waals surface area (Å²) in [6.07, 6.45) is 3.33. The Hall–Kier alpha value is -3.54. The van der Waals surface area contributed by atoms with Gasteiger partial charge in [-0.05, 0) is 53.3 Å². The van der Waals surface area contributed by atoms with E-state index >= 15 is 0 Å². The summed E-state index contributed by atoms with van der Waals surface area (Å²) in [6.45, 7) is 5.35. The number of halogens is 2. The topological polar surface area (TPSA) is 46.9 Å². The van der Waals surface area contributed by atoms with Gasteiger partial charge in [-0.1, -0.05) is 69.2 Å². The van der Waals surface area contributed by atoms with Gasteiger partial charge in [0.05, 0.1) is 11.0 Å². The summed E-state index contributed by atoms with van der Waals surface area (Å²) in [7, 11) is 0. The number of carbonyl (C=O) groups is 1. The second kappa shape index (κ2) is 10.6.